The number of piperidine rings is 1. The maximum Gasteiger partial charge on any atom is 0.308 e. The number of sulfonamides is 1. The molecule has 7 nitrogen and oxygen atoms in total. The number of nitrogens with zero attached hydrogens (tertiary/aromatic N) is 2. The predicted octanol–water partition coefficient (Wildman–Crippen LogP) is 3.68. The molecule has 0 saturated carbocycles. The van der Waals surface area contributed by atoms with Crippen LogP contribution >= 0.6 is 11.3 Å². The smallest absolute Gasteiger partial charge is 0.308 e. The zero-order valence-electron chi connectivity index (χ0n) is 19.2. The minimum atomic E-state index is -3.68. The van der Waals surface area contributed by atoms with Crippen molar-refractivity contribution in [1.82, 2.24) is 14.2 Å². The van der Waals surface area contributed by atoms with Crippen LogP contribution in [-0.2, 0) is 27.8 Å². The number of fused-ring (bicyclic) bond motifs is 2. The Balaban J connectivity index is 1.25. The molecule has 1 amide bonds. The van der Waals surface area contributed by atoms with Crippen LogP contribution < -0.4 is 10.2 Å². The van der Waals surface area contributed by atoms with Gasteiger partial charge >= 0.3 is 4.87 Å². The summed E-state index contributed by atoms with van der Waals surface area (Å²) in [6.45, 7) is 3.07. The molecule has 1 aromatic heterocycles. The van der Waals surface area contributed by atoms with E-state index in [-0.39, 0.29) is 27.6 Å². The maximum absolute atomic E-state index is 13.3. The lowest BCUT2D eigenvalue weighted by Crippen LogP contribution is -2.44. The minimum absolute atomic E-state index is 0.0193. The Kier molecular flexibility index (Phi) is 6.35. The summed E-state index contributed by atoms with van der Waals surface area (Å²) in [5.41, 5.74) is 3.27. The molecule has 0 radical (unpaired) electrons. The molecule has 0 bridgehead atoms. The molecule has 2 aromatic carbocycles. The number of carbonyl (C=O) groups is 1. The largest absolute Gasteiger partial charge is 0.349 e. The van der Waals surface area contributed by atoms with Crippen molar-refractivity contribution < 1.29 is 13.2 Å². The van der Waals surface area contributed by atoms with Gasteiger partial charge in [0.2, 0.25) is 15.9 Å². The number of hydrogen-bond donors (Lipinski definition) is 1. The van der Waals surface area contributed by atoms with Crippen molar-refractivity contribution in [3.8, 4) is 0 Å². The van der Waals surface area contributed by atoms with Crippen LogP contribution in [0.5, 0.6) is 0 Å². The highest BCUT2D eigenvalue weighted by Gasteiger charge is 2.33. The average molecular weight is 500 g/mol. The van der Waals surface area contributed by atoms with Gasteiger partial charge in [-0.05, 0) is 68.4 Å². The van der Waals surface area contributed by atoms with Crippen LogP contribution in [0.2, 0.25) is 0 Å². The topological polar surface area (TPSA) is 88.5 Å². The number of rotatable bonds is 5. The SMILES string of the molecule is CCn1c(=O)sc2cc(S(=O)(=O)N3CCC(C(=O)N[C@@H]4CCCc5ccccc54)CC3)ccc21. The normalized spacial score (nSPS) is 19.7. The van der Waals surface area contributed by atoms with Crippen molar-refractivity contribution >= 4 is 37.5 Å². The van der Waals surface area contributed by atoms with Gasteiger partial charge in [0.1, 0.15) is 0 Å². The van der Waals surface area contributed by atoms with E-state index >= 15 is 0 Å². The van der Waals surface area contributed by atoms with E-state index in [9.17, 15) is 18.0 Å². The molecule has 1 atom stereocenters. The Labute approximate surface area is 203 Å². The molecule has 0 spiro atoms. The van der Waals surface area contributed by atoms with Crippen molar-refractivity contribution in [2.24, 2.45) is 5.92 Å². The molecule has 2 heterocycles. The molecule has 1 N–H and O–H groups in total. The molecule has 2 aliphatic rings. The second-order valence-corrected chi connectivity index (χ2v) is 12.0. The Hall–Kier alpha value is -2.49. The van der Waals surface area contributed by atoms with E-state index in [1.165, 1.54) is 15.4 Å². The summed E-state index contributed by atoms with van der Waals surface area (Å²) >= 11 is 1.07. The monoisotopic (exact) mass is 499 g/mol. The van der Waals surface area contributed by atoms with Crippen LogP contribution in [0.3, 0.4) is 0 Å². The molecule has 0 unspecified atom stereocenters. The van der Waals surface area contributed by atoms with E-state index in [1.54, 1.807) is 22.8 Å². The van der Waals surface area contributed by atoms with E-state index in [0.717, 1.165) is 36.1 Å². The lowest BCUT2D eigenvalue weighted by molar-refractivity contribution is -0.127. The van der Waals surface area contributed by atoms with Crippen LogP contribution in [0, 0.1) is 5.92 Å². The summed E-state index contributed by atoms with van der Waals surface area (Å²) in [7, 11) is -3.68. The summed E-state index contributed by atoms with van der Waals surface area (Å²) in [5, 5.41) is 3.23. The van der Waals surface area contributed by atoms with Gasteiger partial charge < -0.3 is 5.32 Å². The highest BCUT2D eigenvalue weighted by Crippen LogP contribution is 2.31. The second-order valence-electron chi connectivity index (χ2n) is 9.07. The van der Waals surface area contributed by atoms with Gasteiger partial charge in [-0.1, -0.05) is 35.6 Å². The molecular formula is C25H29N3O4S2. The van der Waals surface area contributed by atoms with Gasteiger partial charge in [0.25, 0.3) is 0 Å². The highest BCUT2D eigenvalue weighted by molar-refractivity contribution is 7.89. The fourth-order valence-electron chi connectivity index (χ4n) is 5.21. The molecule has 1 saturated heterocycles. The summed E-state index contributed by atoms with van der Waals surface area (Å²) in [4.78, 5) is 25.2. The van der Waals surface area contributed by atoms with Gasteiger partial charge in [-0.3, -0.25) is 14.2 Å². The zero-order chi connectivity index (χ0) is 23.9. The summed E-state index contributed by atoms with van der Waals surface area (Å²) in [5.74, 6) is -0.169. The third-order valence-corrected chi connectivity index (χ3v) is 9.94. The van der Waals surface area contributed by atoms with Crippen LogP contribution in [0.15, 0.2) is 52.2 Å². The summed E-state index contributed by atoms with van der Waals surface area (Å²) in [6, 6.07) is 13.2. The highest BCUT2D eigenvalue weighted by atomic mass is 32.2. The molecule has 1 aliphatic heterocycles. The predicted molar refractivity (Wildman–Crippen MR) is 134 cm³/mol. The maximum atomic E-state index is 13.3. The van der Waals surface area contributed by atoms with Crippen molar-refractivity contribution in [2.75, 3.05) is 13.1 Å². The third-order valence-electron chi connectivity index (χ3n) is 7.10. The Morgan fingerprint density at radius 3 is 2.65 bits per heavy atom. The van der Waals surface area contributed by atoms with Crippen LogP contribution in [0.4, 0.5) is 0 Å². The van der Waals surface area contributed by atoms with Gasteiger partial charge in [-0.25, -0.2) is 8.42 Å². The fraction of sp³-hybridized carbons (Fsp3) is 0.440. The van der Waals surface area contributed by atoms with Crippen molar-refractivity contribution in [3.63, 3.8) is 0 Å². The molecular weight excluding hydrogens is 470 g/mol. The number of hydrogen-bond acceptors (Lipinski definition) is 5. The third kappa shape index (κ3) is 4.21. The molecule has 1 aliphatic carbocycles. The number of nitrogens with one attached hydrogen (secondary N) is 1. The van der Waals surface area contributed by atoms with Crippen molar-refractivity contribution in [3.05, 3.63) is 63.3 Å². The van der Waals surface area contributed by atoms with Gasteiger partial charge in [0.05, 0.1) is 21.2 Å². The first kappa shape index (κ1) is 23.3. The minimum Gasteiger partial charge on any atom is -0.349 e. The van der Waals surface area contributed by atoms with Crippen molar-refractivity contribution in [2.45, 2.75) is 56.5 Å². The first-order valence-corrected chi connectivity index (χ1v) is 14.2. The number of benzene rings is 2. The number of thiazole rings is 1. The molecule has 34 heavy (non-hydrogen) atoms. The first-order valence-electron chi connectivity index (χ1n) is 11.9. The van der Waals surface area contributed by atoms with Crippen LogP contribution in [0.25, 0.3) is 10.2 Å². The van der Waals surface area contributed by atoms with Gasteiger partial charge in [0.15, 0.2) is 0 Å². The lowest BCUT2D eigenvalue weighted by Gasteiger charge is -2.32. The Morgan fingerprint density at radius 1 is 1.12 bits per heavy atom. The summed E-state index contributed by atoms with van der Waals surface area (Å²) < 4.78 is 30.3. The fourth-order valence-corrected chi connectivity index (χ4v) is 7.77. The first-order chi connectivity index (χ1) is 16.4. The van der Waals surface area contributed by atoms with E-state index in [0.29, 0.717) is 37.2 Å². The van der Waals surface area contributed by atoms with E-state index in [1.807, 2.05) is 19.1 Å². The van der Waals surface area contributed by atoms with E-state index in [4.69, 9.17) is 0 Å². The second kappa shape index (κ2) is 9.28. The molecule has 1 fully saturated rings. The molecule has 5 rings (SSSR count). The number of carbonyl (C=O) groups excluding carboxylic acids is 1. The van der Waals surface area contributed by atoms with Crippen LogP contribution in [-0.4, -0.2) is 36.3 Å². The summed E-state index contributed by atoms with van der Waals surface area (Å²) in [6.07, 6.45) is 4.04. The van der Waals surface area contributed by atoms with Crippen molar-refractivity contribution in [1.29, 1.82) is 0 Å². The number of amides is 1. The van der Waals surface area contributed by atoms with Crippen LogP contribution in [0.1, 0.15) is 49.8 Å². The van der Waals surface area contributed by atoms with Gasteiger partial charge in [0, 0.05) is 25.6 Å². The molecule has 180 valence electrons. The Morgan fingerprint density at radius 2 is 1.88 bits per heavy atom. The molecule has 9 heteroatoms. The van der Waals surface area contributed by atoms with E-state index in [2.05, 4.69) is 17.4 Å². The molecule has 3 aromatic rings. The zero-order valence-corrected chi connectivity index (χ0v) is 20.8. The standard InChI is InChI=1S/C25H29N3O4S2/c1-2-28-22-11-10-19(16-23(22)33-25(28)30)34(31,32)27-14-12-18(13-15-27)24(29)26-21-9-5-7-17-6-3-4-8-20(17)21/h3-4,6,8,10-11,16,18,21H,2,5,7,9,12-15H2,1H3,(H,26,29)/t21-/m1/s1. The van der Waals surface area contributed by atoms with Gasteiger partial charge in [-0.2, -0.15) is 4.31 Å². The number of aromatic nitrogens is 1. The van der Waals surface area contributed by atoms with Gasteiger partial charge in [-0.15, -0.1) is 0 Å². The average Bonchev–Trinajstić information content (AvgIpc) is 3.18. The Bertz CT molecular complexity index is 1380. The van der Waals surface area contributed by atoms with E-state index < -0.39 is 10.0 Å². The quantitative estimate of drug-likeness (QED) is 0.580. The lowest BCUT2D eigenvalue weighted by atomic mass is 9.87. The number of aryl methyl sites for hydroxylation is 2.